The predicted octanol–water partition coefficient (Wildman–Crippen LogP) is 2.15. The average Bonchev–Trinajstić information content (AvgIpc) is 1.99. The molecule has 2 rings (SSSR count). The minimum absolute atomic E-state index is 0.559. The third-order valence-corrected chi connectivity index (χ3v) is 2.20. The fourth-order valence-corrected chi connectivity index (χ4v) is 1.46. The number of hydrogen-bond acceptors (Lipinski definition) is 1. The van der Waals surface area contributed by atoms with Crippen molar-refractivity contribution in [3.05, 3.63) is 29.8 Å². The molecule has 0 saturated carbocycles. The Hall–Kier alpha value is -1.05. The summed E-state index contributed by atoms with van der Waals surface area (Å²) in [6, 6.07) is 8.18. The van der Waals surface area contributed by atoms with Gasteiger partial charge in [-0.2, -0.15) is 0 Å². The van der Waals surface area contributed by atoms with Crippen LogP contribution in [0, 0.1) is 6.92 Å². The zero-order valence-corrected chi connectivity index (χ0v) is 7.13. The molecule has 1 aromatic carbocycles. The van der Waals surface area contributed by atoms with Gasteiger partial charge in [0.15, 0.2) is 0 Å². The van der Waals surface area contributed by atoms with Crippen molar-refractivity contribution < 1.29 is 4.39 Å². The largest absolute Gasteiger partial charge is 0.366 e. The molecule has 64 valence electrons. The number of halogens is 1. The fourth-order valence-electron chi connectivity index (χ4n) is 1.46. The van der Waals surface area contributed by atoms with Gasteiger partial charge in [0.25, 0.3) is 0 Å². The van der Waals surface area contributed by atoms with Crippen LogP contribution in [0.4, 0.5) is 10.1 Å². The number of hydrogen-bond donors (Lipinski definition) is 0. The first-order valence-corrected chi connectivity index (χ1v) is 4.21. The molecular weight excluding hydrogens is 153 g/mol. The van der Waals surface area contributed by atoms with Crippen molar-refractivity contribution in [2.75, 3.05) is 18.0 Å². The van der Waals surface area contributed by atoms with Gasteiger partial charge in [0, 0.05) is 5.69 Å². The minimum Gasteiger partial charge on any atom is -0.366 e. The number of benzene rings is 1. The van der Waals surface area contributed by atoms with E-state index in [2.05, 4.69) is 24.0 Å². The van der Waals surface area contributed by atoms with Gasteiger partial charge in [-0.1, -0.05) is 12.1 Å². The maximum atomic E-state index is 12.5. The van der Waals surface area contributed by atoms with Crippen molar-refractivity contribution >= 4 is 5.69 Å². The Balaban J connectivity index is 2.13. The van der Waals surface area contributed by atoms with Crippen molar-refractivity contribution in [1.82, 2.24) is 0 Å². The lowest BCUT2D eigenvalue weighted by molar-refractivity contribution is 0.275. The fraction of sp³-hybridized carbons (Fsp3) is 0.400. The lowest BCUT2D eigenvalue weighted by atomic mass is 10.1. The highest BCUT2D eigenvalue weighted by molar-refractivity contribution is 5.50. The van der Waals surface area contributed by atoms with Crippen LogP contribution < -0.4 is 4.90 Å². The van der Waals surface area contributed by atoms with Crippen LogP contribution in [-0.2, 0) is 0 Å². The quantitative estimate of drug-likeness (QED) is 0.616. The molecule has 0 aliphatic carbocycles. The highest BCUT2D eigenvalue weighted by Crippen LogP contribution is 2.22. The van der Waals surface area contributed by atoms with Gasteiger partial charge in [0.2, 0.25) is 0 Å². The van der Waals surface area contributed by atoms with Gasteiger partial charge >= 0.3 is 0 Å². The molecule has 0 bridgehead atoms. The number of rotatable bonds is 1. The molecule has 0 amide bonds. The second kappa shape index (κ2) is 2.77. The van der Waals surface area contributed by atoms with Crippen LogP contribution in [0.1, 0.15) is 5.56 Å². The summed E-state index contributed by atoms with van der Waals surface area (Å²) in [5.74, 6) is 0. The van der Waals surface area contributed by atoms with E-state index >= 15 is 0 Å². The van der Waals surface area contributed by atoms with E-state index in [9.17, 15) is 4.39 Å². The maximum absolute atomic E-state index is 12.5. The molecule has 0 aromatic heterocycles. The first-order chi connectivity index (χ1) is 5.75. The Labute approximate surface area is 71.8 Å². The Bertz CT molecular complexity index is 279. The molecule has 1 fully saturated rings. The summed E-state index contributed by atoms with van der Waals surface area (Å²) in [6.07, 6.45) is -0.620. The Kier molecular flexibility index (Phi) is 1.75. The number of alkyl halides is 1. The molecule has 1 heterocycles. The topological polar surface area (TPSA) is 3.24 Å². The Morgan fingerprint density at radius 2 is 2.17 bits per heavy atom. The van der Waals surface area contributed by atoms with Crippen LogP contribution in [0.2, 0.25) is 0 Å². The van der Waals surface area contributed by atoms with E-state index in [1.807, 2.05) is 12.1 Å². The monoisotopic (exact) mass is 165 g/mol. The van der Waals surface area contributed by atoms with Gasteiger partial charge < -0.3 is 4.90 Å². The van der Waals surface area contributed by atoms with Gasteiger partial charge in [-0.05, 0) is 24.6 Å². The van der Waals surface area contributed by atoms with Crippen LogP contribution in [0.15, 0.2) is 24.3 Å². The zero-order chi connectivity index (χ0) is 8.55. The summed E-state index contributed by atoms with van der Waals surface area (Å²) in [5, 5.41) is 0. The smallest absolute Gasteiger partial charge is 0.135 e. The number of aryl methyl sites for hydroxylation is 1. The van der Waals surface area contributed by atoms with E-state index in [1.165, 1.54) is 5.56 Å². The van der Waals surface area contributed by atoms with Gasteiger partial charge in [0.05, 0.1) is 13.1 Å². The van der Waals surface area contributed by atoms with Crippen LogP contribution in [0.25, 0.3) is 0 Å². The molecule has 1 aliphatic heterocycles. The summed E-state index contributed by atoms with van der Waals surface area (Å²) in [4.78, 5) is 2.05. The van der Waals surface area contributed by atoms with Crippen LogP contribution in [0.5, 0.6) is 0 Å². The maximum Gasteiger partial charge on any atom is 0.135 e. The second-order valence-electron chi connectivity index (χ2n) is 3.34. The Morgan fingerprint density at radius 1 is 1.42 bits per heavy atom. The predicted molar refractivity (Wildman–Crippen MR) is 48.3 cm³/mol. The van der Waals surface area contributed by atoms with Crippen molar-refractivity contribution in [3.63, 3.8) is 0 Å². The summed E-state index contributed by atoms with van der Waals surface area (Å²) in [5.41, 5.74) is 2.37. The summed E-state index contributed by atoms with van der Waals surface area (Å²) in [7, 11) is 0. The van der Waals surface area contributed by atoms with Crippen molar-refractivity contribution in [3.8, 4) is 0 Å². The molecule has 0 N–H and O–H groups in total. The van der Waals surface area contributed by atoms with Gasteiger partial charge in [0.1, 0.15) is 6.17 Å². The molecule has 12 heavy (non-hydrogen) atoms. The summed E-state index contributed by atoms with van der Waals surface area (Å²) in [6.45, 7) is 3.17. The van der Waals surface area contributed by atoms with Crippen molar-refractivity contribution in [2.24, 2.45) is 0 Å². The molecule has 1 aromatic rings. The average molecular weight is 165 g/mol. The molecule has 0 radical (unpaired) electrons. The first kappa shape index (κ1) is 7.59. The molecule has 1 nitrogen and oxygen atoms in total. The molecular formula is C10H12FN. The molecule has 1 saturated heterocycles. The standard InChI is InChI=1S/C10H12FN/c1-8-3-2-4-10(5-8)12-6-9(11)7-12/h2-5,9H,6-7H2,1H3. The molecule has 0 atom stereocenters. The second-order valence-corrected chi connectivity index (χ2v) is 3.34. The molecule has 0 unspecified atom stereocenters. The number of nitrogens with zero attached hydrogens (tertiary/aromatic N) is 1. The molecule has 1 aliphatic rings. The van der Waals surface area contributed by atoms with Crippen LogP contribution >= 0.6 is 0 Å². The van der Waals surface area contributed by atoms with Gasteiger partial charge in [-0.15, -0.1) is 0 Å². The lowest BCUT2D eigenvalue weighted by Crippen LogP contribution is -2.48. The number of anilines is 1. The van der Waals surface area contributed by atoms with Gasteiger partial charge in [-0.3, -0.25) is 0 Å². The van der Waals surface area contributed by atoms with E-state index in [0.717, 1.165) is 5.69 Å². The normalized spacial score (nSPS) is 17.7. The summed E-state index contributed by atoms with van der Waals surface area (Å²) >= 11 is 0. The van der Waals surface area contributed by atoms with Crippen molar-refractivity contribution in [1.29, 1.82) is 0 Å². The summed E-state index contributed by atoms with van der Waals surface area (Å²) < 4.78 is 12.5. The van der Waals surface area contributed by atoms with Crippen molar-refractivity contribution in [2.45, 2.75) is 13.1 Å². The van der Waals surface area contributed by atoms with Gasteiger partial charge in [-0.25, -0.2) is 4.39 Å². The first-order valence-electron chi connectivity index (χ1n) is 4.21. The lowest BCUT2D eigenvalue weighted by Gasteiger charge is -2.36. The van der Waals surface area contributed by atoms with E-state index in [4.69, 9.17) is 0 Å². The highest BCUT2D eigenvalue weighted by Gasteiger charge is 2.25. The molecule has 0 spiro atoms. The van der Waals surface area contributed by atoms with E-state index < -0.39 is 6.17 Å². The third kappa shape index (κ3) is 1.29. The van der Waals surface area contributed by atoms with Crippen LogP contribution in [0.3, 0.4) is 0 Å². The SMILES string of the molecule is Cc1cccc(N2CC(F)C2)c1. The minimum atomic E-state index is -0.620. The van der Waals surface area contributed by atoms with E-state index in [1.54, 1.807) is 0 Å². The Morgan fingerprint density at radius 3 is 2.75 bits per heavy atom. The van der Waals surface area contributed by atoms with E-state index in [-0.39, 0.29) is 0 Å². The molecule has 2 heteroatoms. The van der Waals surface area contributed by atoms with Crippen LogP contribution in [-0.4, -0.2) is 19.3 Å². The zero-order valence-electron chi connectivity index (χ0n) is 7.13. The van der Waals surface area contributed by atoms with E-state index in [0.29, 0.717) is 13.1 Å². The third-order valence-electron chi connectivity index (χ3n) is 2.20. The highest BCUT2D eigenvalue weighted by atomic mass is 19.1.